The zero-order valence-electron chi connectivity index (χ0n) is 14.0. The molecular formula is C23H18OSe. The monoisotopic (exact) mass is 390 g/mol. The molecule has 0 fully saturated rings. The van der Waals surface area contributed by atoms with Crippen LogP contribution in [0.3, 0.4) is 0 Å². The van der Waals surface area contributed by atoms with E-state index in [2.05, 4.69) is 78.9 Å². The third kappa shape index (κ3) is 3.19. The summed E-state index contributed by atoms with van der Waals surface area (Å²) in [6.07, 6.45) is 0. The Balaban J connectivity index is 1.93. The van der Waals surface area contributed by atoms with Crippen molar-refractivity contribution in [2.45, 2.75) is 0 Å². The Bertz CT molecular complexity index is 914. The first-order valence-electron chi connectivity index (χ1n) is 8.25. The maximum atomic E-state index is 5.59. The number of para-hydroxylation sites is 1. The van der Waals surface area contributed by atoms with E-state index in [1.807, 2.05) is 12.1 Å². The molecule has 1 heterocycles. The van der Waals surface area contributed by atoms with Gasteiger partial charge >= 0.3 is 154 Å². The van der Waals surface area contributed by atoms with Crippen LogP contribution < -0.4 is 4.74 Å². The third-order valence-electron chi connectivity index (χ3n) is 4.23. The quantitative estimate of drug-likeness (QED) is 0.404. The standard InChI is InChI=1S/C23H18OSe/c1-24-21-15-9-8-14-19(21)22-16-20(17-10-4-2-5-11-17)23(25-22)18-12-6-3-7-13-18/h2-16H,1H3. The van der Waals surface area contributed by atoms with Crippen molar-refractivity contribution in [1.82, 2.24) is 0 Å². The minimum absolute atomic E-state index is 0.237. The summed E-state index contributed by atoms with van der Waals surface area (Å²) in [6, 6.07) is 32.0. The van der Waals surface area contributed by atoms with E-state index in [1.165, 1.54) is 31.1 Å². The molecule has 0 saturated heterocycles. The fourth-order valence-corrected chi connectivity index (χ4v) is 5.56. The van der Waals surface area contributed by atoms with Gasteiger partial charge in [-0.25, -0.2) is 0 Å². The van der Waals surface area contributed by atoms with Crippen molar-refractivity contribution >= 4 is 14.5 Å². The molecule has 0 unspecified atom stereocenters. The van der Waals surface area contributed by atoms with Crippen LogP contribution >= 0.6 is 0 Å². The Labute approximate surface area is 154 Å². The molecule has 1 nitrogen and oxygen atoms in total. The molecule has 1 aromatic heterocycles. The van der Waals surface area contributed by atoms with Crippen LogP contribution in [-0.4, -0.2) is 21.6 Å². The summed E-state index contributed by atoms with van der Waals surface area (Å²) in [4.78, 5) is 0. The first-order chi connectivity index (χ1) is 12.4. The van der Waals surface area contributed by atoms with E-state index < -0.39 is 0 Å². The van der Waals surface area contributed by atoms with E-state index in [0.29, 0.717) is 0 Å². The number of benzene rings is 3. The molecule has 0 radical (unpaired) electrons. The molecule has 0 aliphatic carbocycles. The molecule has 0 saturated carbocycles. The Hall–Kier alpha value is -2.54. The minimum atomic E-state index is 0.237. The van der Waals surface area contributed by atoms with Crippen LogP contribution in [0.5, 0.6) is 5.75 Å². The van der Waals surface area contributed by atoms with Gasteiger partial charge in [0, 0.05) is 0 Å². The molecule has 0 atom stereocenters. The van der Waals surface area contributed by atoms with E-state index in [9.17, 15) is 0 Å². The molecule has 4 aromatic rings. The predicted octanol–water partition coefficient (Wildman–Crippen LogP) is 5.75. The molecule has 3 aromatic carbocycles. The normalized spacial score (nSPS) is 10.6. The Morgan fingerprint density at radius 3 is 1.92 bits per heavy atom. The predicted molar refractivity (Wildman–Crippen MR) is 106 cm³/mol. The van der Waals surface area contributed by atoms with Gasteiger partial charge in [0.2, 0.25) is 0 Å². The summed E-state index contributed by atoms with van der Waals surface area (Å²) in [5, 5.41) is 0. The van der Waals surface area contributed by atoms with Crippen LogP contribution in [0.15, 0.2) is 91.0 Å². The van der Waals surface area contributed by atoms with Gasteiger partial charge in [0.25, 0.3) is 0 Å². The van der Waals surface area contributed by atoms with Gasteiger partial charge in [0.1, 0.15) is 0 Å². The van der Waals surface area contributed by atoms with Gasteiger partial charge in [0.05, 0.1) is 0 Å². The zero-order chi connectivity index (χ0) is 17.1. The topological polar surface area (TPSA) is 9.23 Å². The average Bonchev–Trinajstić information content (AvgIpc) is 3.14. The summed E-state index contributed by atoms with van der Waals surface area (Å²) in [5.41, 5.74) is 5.10. The number of methoxy groups -OCH3 is 1. The number of hydrogen-bond donors (Lipinski definition) is 0. The van der Waals surface area contributed by atoms with Crippen molar-refractivity contribution in [1.29, 1.82) is 0 Å². The molecule has 2 heteroatoms. The van der Waals surface area contributed by atoms with Crippen molar-refractivity contribution in [2.24, 2.45) is 0 Å². The van der Waals surface area contributed by atoms with Crippen molar-refractivity contribution < 1.29 is 4.74 Å². The van der Waals surface area contributed by atoms with Crippen LogP contribution in [0, 0.1) is 0 Å². The first kappa shape index (κ1) is 16.0. The Morgan fingerprint density at radius 1 is 0.640 bits per heavy atom. The van der Waals surface area contributed by atoms with E-state index in [1.54, 1.807) is 7.11 Å². The molecule has 0 amide bonds. The molecule has 4 rings (SSSR count). The van der Waals surface area contributed by atoms with Crippen LogP contribution in [0.1, 0.15) is 0 Å². The van der Waals surface area contributed by atoms with Gasteiger partial charge in [-0.1, -0.05) is 0 Å². The SMILES string of the molecule is COc1ccccc1-c1cc(-c2ccccc2)c(-c2ccccc2)[se]1. The molecular weight excluding hydrogens is 371 g/mol. The van der Waals surface area contributed by atoms with Gasteiger partial charge in [0.15, 0.2) is 0 Å². The number of ether oxygens (including phenoxy) is 1. The van der Waals surface area contributed by atoms with E-state index >= 15 is 0 Å². The summed E-state index contributed by atoms with van der Waals surface area (Å²) in [6.45, 7) is 0. The van der Waals surface area contributed by atoms with Gasteiger partial charge in [-0.3, -0.25) is 0 Å². The Kier molecular flexibility index (Phi) is 4.56. The molecule has 0 N–H and O–H groups in total. The molecule has 25 heavy (non-hydrogen) atoms. The fourth-order valence-electron chi connectivity index (χ4n) is 3.01. The van der Waals surface area contributed by atoms with Crippen molar-refractivity contribution in [3.63, 3.8) is 0 Å². The van der Waals surface area contributed by atoms with Crippen molar-refractivity contribution in [2.75, 3.05) is 7.11 Å². The number of hydrogen-bond acceptors (Lipinski definition) is 1. The third-order valence-corrected chi connectivity index (χ3v) is 6.78. The van der Waals surface area contributed by atoms with Gasteiger partial charge in [-0.05, 0) is 0 Å². The molecule has 122 valence electrons. The number of rotatable bonds is 4. The van der Waals surface area contributed by atoms with Crippen LogP contribution in [0.4, 0.5) is 0 Å². The summed E-state index contributed by atoms with van der Waals surface area (Å²) < 4.78 is 8.38. The second kappa shape index (κ2) is 7.14. The van der Waals surface area contributed by atoms with E-state index in [4.69, 9.17) is 4.74 Å². The molecule has 0 aliphatic rings. The van der Waals surface area contributed by atoms with Gasteiger partial charge in [-0.15, -0.1) is 0 Å². The molecule has 0 spiro atoms. The van der Waals surface area contributed by atoms with Gasteiger partial charge < -0.3 is 0 Å². The van der Waals surface area contributed by atoms with Crippen LogP contribution in [0.2, 0.25) is 0 Å². The van der Waals surface area contributed by atoms with Crippen LogP contribution in [-0.2, 0) is 0 Å². The second-order valence-electron chi connectivity index (χ2n) is 5.79. The van der Waals surface area contributed by atoms with Crippen molar-refractivity contribution in [3.05, 3.63) is 91.0 Å². The summed E-state index contributed by atoms with van der Waals surface area (Å²) in [5.74, 6) is 0.942. The van der Waals surface area contributed by atoms with E-state index in [0.717, 1.165) is 5.75 Å². The summed E-state index contributed by atoms with van der Waals surface area (Å²) >= 11 is 0.237. The second-order valence-corrected chi connectivity index (χ2v) is 7.99. The molecule has 0 bridgehead atoms. The van der Waals surface area contributed by atoms with Gasteiger partial charge in [-0.2, -0.15) is 0 Å². The average molecular weight is 389 g/mol. The first-order valence-corrected chi connectivity index (χ1v) is 9.96. The van der Waals surface area contributed by atoms with Crippen molar-refractivity contribution in [3.8, 4) is 36.9 Å². The van der Waals surface area contributed by atoms with Crippen LogP contribution in [0.25, 0.3) is 31.1 Å². The fraction of sp³-hybridized carbons (Fsp3) is 0.0435. The Morgan fingerprint density at radius 2 is 1.24 bits per heavy atom. The zero-order valence-corrected chi connectivity index (χ0v) is 15.7. The van der Waals surface area contributed by atoms with E-state index in [-0.39, 0.29) is 14.5 Å². The summed E-state index contributed by atoms with van der Waals surface area (Å²) in [7, 11) is 1.74. The maximum absolute atomic E-state index is 5.59. The molecule has 0 aliphatic heterocycles.